The summed E-state index contributed by atoms with van der Waals surface area (Å²) in [6, 6.07) is 0. The van der Waals surface area contributed by atoms with Gasteiger partial charge in [0.2, 0.25) is 0 Å². The molecule has 4 rings (SSSR count). The minimum atomic E-state index is -1.30. The first-order valence-electron chi connectivity index (χ1n) is 12.8. The zero-order valence-corrected chi connectivity index (χ0v) is 23.1. The van der Waals surface area contributed by atoms with Crippen molar-refractivity contribution >= 4 is 29.7 Å². The van der Waals surface area contributed by atoms with Gasteiger partial charge in [-0.3, -0.25) is 24.0 Å². The van der Waals surface area contributed by atoms with Crippen LogP contribution in [0.5, 0.6) is 0 Å². The van der Waals surface area contributed by atoms with Crippen LogP contribution in [0.1, 0.15) is 61.8 Å². The van der Waals surface area contributed by atoms with Crippen LogP contribution < -0.4 is 0 Å². The molecule has 1 aliphatic heterocycles. The highest BCUT2D eigenvalue weighted by Gasteiger charge is 2.73. The molecule has 0 aromatic carbocycles. The summed E-state index contributed by atoms with van der Waals surface area (Å²) in [5.74, 6) is -3.87. The van der Waals surface area contributed by atoms with Crippen molar-refractivity contribution in [3.63, 3.8) is 0 Å². The molecule has 0 N–H and O–H groups in total. The fraction of sp³-hybridized carbons (Fsp3) is 0.679. The van der Waals surface area contributed by atoms with Gasteiger partial charge in [0.25, 0.3) is 0 Å². The van der Waals surface area contributed by atoms with E-state index in [1.165, 1.54) is 27.7 Å². The zero-order chi connectivity index (χ0) is 28.4. The number of Topliss-reactive ketones (excluding diaryl/α,β-unsaturated/α-hetero) is 1. The third kappa shape index (κ3) is 4.36. The molecule has 8 atom stereocenters. The third-order valence-electron chi connectivity index (χ3n) is 8.77. The summed E-state index contributed by atoms with van der Waals surface area (Å²) < 4.78 is 29.7. The number of carbonyl (C=O) groups is 5. The van der Waals surface area contributed by atoms with Crippen LogP contribution in [0.2, 0.25) is 0 Å². The minimum Gasteiger partial charge on any atom is -0.462 e. The first-order valence-corrected chi connectivity index (χ1v) is 12.8. The van der Waals surface area contributed by atoms with Gasteiger partial charge in [-0.1, -0.05) is 26.8 Å². The average Bonchev–Trinajstić information content (AvgIpc) is 3.54. The quantitative estimate of drug-likeness (QED) is 0.230. The lowest BCUT2D eigenvalue weighted by Gasteiger charge is -2.59. The van der Waals surface area contributed by atoms with Crippen molar-refractivity contribution in [2.75, 3.05) is 6.61 Å². The fourth-order valence-electron chi connectivity index (χ4n) is 7.21. The number of esters is 4. The minimum absolute atomic E-state index is 0.0793. The van der Waals surface area contributed by atoms with Crippen LogP contribution >= 0.6 is 0 Å². The van der Waals surface area contributed by atoms with Crippen molar-refractivity contribution in [3.8, 4) is 0 Å². The van der Waals surface area contributed by atoms with Crippen LogP contribution in [-0.4, -0.2) is 66.3 Å². The maximum atomic E-state index is 13.4. The van der Waals surface area contributed by atoms with E-state index in [9.17, 15) is 24.0 Å². The number of hydrogen-bond acceptors (Lipinski definition) is 10. The molecule has 0 amide bonds. The Morgan fingerprint density at radius 3 is 1.95 bits per heavy atom. The maximum Gasteiger partial charge on any atom is 0.303 e. The van der Waals surface area contributed by atoms with Gasteiger partial charge in [-0.15, -0.1) is 0 Å². The van der Waals surface area contributed by atoms with E-state index in [4.69, 9.17) is 23.7 Å². The highest BCUT2D eigenvalue weighted by atomic mass is 16.6. The van der Waals surface area contributed by atoms with Crippen molar-refractivity contribution in [3.05, 3.63) is 23.3 Å². The molecule has 2 fully saturated rings. The molecule has 10 nitrogen and oxygen atoms in total. The van der Waals surface area contributed by atoms with Gasteiger partial charge in [0, 0.05) is 46.0 Å². The van der Waals surface area contributed by atoms with E-state index in [0.29, 0.717) is 11.1 Å². The number of hydrogen-bond donors (Lipinski definition) is 0. The van der Waals surface area contributed by atoms with E-state index in [-0.39, 0.29) is 18.8 Å². The van der Waals surface area contributed by atoms with Crippen LogP contribution in [0.4, 0.5) is 0 Å². The predicted octanol–water partition coefficient (Wildman–Crippen LogP) is 2.62. The average molecular weight is 533 g/mol. The maximum absolute atomic E-state index is 13.4. The SMILES string of the molecule is CC(=O)O[C@@H]1[C@@H]2CC(=O)C(C)=C([C@@H](OC(C)=O)[C@H](OC(C)=O)[C@]3(C)[C@@H](OC(C)=O)C=C[C@@]4(CO4)[C@@H]13)C2(C)C. The summed E-state index contributed by atoms with van der Waals surface area (Å²) in [7, 11) is 0. The second kappa shape index (κ2) is 9.32. The summed E-state index contributed by atoms with van der Waals surface area (Å²) in [5, 5.41) is 0. The second-order valence-corrected chi connectivity index (χ2v) is 11.6. The van der Waals surface area contributed by atoms with E-state index in [2.05, 4.69) is 0 Å². The van der Waals surface area contributed by atoms with E-state index in [1.54, 1.807) is 26.0 Å². The molecule has 2 bridgehead atoms. The van der Waals surface area contributed by atoms with Crippen molar-refractivity contribution in [1.82, 2.24) is 0 Å². The van der Waals surface area contributed by atoms with E-state index in [1.807, 2.05) is 13.8 Å². The topological polar surface area (TPSA) is 135 Å². The van der Waals surface area contributed by atoms with Crippen LogP contribution in [0, 0.1) is 22.7 Å². The lowest BCUT2D eigenvalue weighted by atomic mass is 9.48. The van der Waals surface area contributed by atoms with Crippen LogP contribution in [0.25, 0.3) is 0 Å². The Balaban J connectivity index is 2.12. The third-order valence-corrected chi connectivity index (χ3v) is 8.77. The van der Waals surface area contributed by atoms with Gasteiger partial charge in [-0.2, -0.15) is 0 Å². The summed E-state index contributed by atoms with van der Waals surface area (Å²) >= 11 is 0. The van der Waals surface area contributed by atoms with Gasteiger partial charge in [-0.05, 0) is 29.6 Å². The molecule has 1 spiro atoms. The lowest BCUT2D eigenvalue weighted by molar-refractivity contribution is -0.224. The van der Waals surface area contributed by atoms with Crippen LogP contribution in [-0.2, 0) is 47.7 Å². The molecule has 0 unspecified atom stereocenters. The Hall–Kier alpha value is -3.01. The van der Waals surface area contributed by atoms with Crippen molar-refractivity contribution in [2.45, 2.75) is 91.8 Å². The Labute approximate surface area is 222 Å². The highest BCUT2D eigenvalue weighted by Crippen LogP contribution is 2.63. The van der Waals surface area contributed by atoms with Gasteiger partial charge < -0.3 is 23.7 Å². The normalized spacial score (nSPS) is 38.9. The Bertz CT molecular complexity index is 1140. The molecule has 1 heterocycles. The Morgan fingerprint density at radius 2 is 1.45 bits per heavy atom. The van der Waals surface area contributed by atoms with Gasteiger partial charge in [0.1, 0.15) is 17.8 Å². The van der Waals surface area contributed by atoms with Crippen molar-refractivity contribution in [1.29, 1.82) is 0 Å². The van der Waals surface area contributed by atoms with Gasteiger partial charge >= 0.3 is 23.9 Å². The van der Waals surface area contributed by atoms with E-state index >= 15 is 0 Å². The molecule has 1 saturated carbocycles. The van der Waals surface area contributed by atoms with E-state index < -0.39 is 76.6 Å². The molecule has 0 radical (unpaired) electrons. The summed E-state index contributed by atoms with van der Waals surface area (Å²) in [5.41, 5.74) is -2.18. The van der Waals surface area contributed by atoms with E-state index in [0.717, 1.165) is 0 Å². The predicted molar refractivity (Wildman–Crippen MR) is 131 cm³/mol. The highest BCUT2D eigenvalue weighted by molar-refractivity contribution is 5.97. The molecular weight excluding hydrogens is 496 g/mol. The van der Waals surface area contributed by atoms with Gasteiger partial charge in [0.15, 0.2) is 18.0 Å². The first-order chi connectivity index (χ1) is 17.6. The van der Waals surface area contributed by atoms with Crippen LogP contribution in [0.3, 0.4) is 0 Å². The lowest BCUT2D eigenvalue weighted by Crippen LogP contribution is -2.68. The zero-order valence-electron chi connectivity index (χ0n) is 23.1. The number of rotatable bonds is 4. The number of ketones is 1. The fourth-order valence-corrected chi connectivity index (χ4v) is 7.21. The smallest absolute Gasteiger partial charge is 0.303 e. The molecule has 10 heteroatoms. The molecule has 0 aromatic heterocycles. The number of fused-ring (bicyclic) bond motifs is 4. The van der Waals surface area contributed by atoms with Crippen molar-refractivity contribution in [2.24, 2.45) is 22.7 Å². The molecule has 38 heavy (non-hydrogen) atoms. The van der Waals surface area contributed by atoms with Crippen molar-refractivity contribution < 1.29 is 47.7 Å². The molecule has 3 aliphatic carbocycles. The van der Waals surface area contributed by atoms with Crippen LogP contribution in [0.15, 0.2) is 23.3 Å². The second-order valence-electron chi connectivity index (χ2n) is 11.6. The van der Waals surface area contributed by atoms with Gasteiger partial charge in [-0.25, -0.2) is 0 Å². The standard InChI is InChI=1S/C28H36O10/c1-13-19(33)11-18-22(36-15(3)30)24-27(8,20(35-14(2)29)9-10-28(24)12-34-28)25(38-17(5)32)23(37-16(4)31)21(13)26(18,6)7/h9-10,18,20,22-25H,11-12H2,1-8H3/t18-,20-,22+,23+,24-,25-,27+,28+/m0/s1. The Kier molecular flexibility index (Phi) is 6.87. The summed E-state index contributed by atoms with van der Waals surface area (Å²) in [4.78, 5) is 63.4. The molecular formula is C28H36O10. The number of carbonyl (C=O) groups excluding carboxylic acids is 5. The summed E-state index contributed by atoms with van der Waals surface area (Å²) in [6.45, 7) is 12.6. The monoisotopic (exact) mass is 532 g/mol. The molecule has 4 aliphatic rings. The molecule has 208 valence electrons. The van der Waals surface area contributed by atoms with Gasteiger partial charge in [0.05, 0.1) is 12.0 Å². The largest absolute Gasteiger partial charge is 0.462 e. The molecule has 0 aromatic rings. The first kappa shape index (κ1) is 28.0. The number of ether oxygens (including phenoxy) is 5. The Morgan fingerprint density at radius 1 is 0.895 bits per heavy atom. The number of allylic oxidation sites excluding steroid dienone is 1. The number of epoxide rings is 1. The summed E-state index contributed by atoms with van der Waals surface area (Å²) in [6.07, 6.45) is -0.693. The molecule has 1 saturated heterocycles.